The van der Waals surface area contributed by atoms with Crippen molar-refractivity contribution in [2.24, 2.45) is 5.92 Å². The van der Waals surface area contributed by atoms with E-state index in [9.17, 15) is 20.0 Å². The Morgan fingerprint density at radius 2 is 1.83 bits per heavy atom. The lowest BCUT2D eigenvalue weighted by atomic mass is 9.76. The topological polar surface area (TPSA) is 114 Å². The molecule has 0 radical (unpaired) electrons. The number of rotatable bonds is 7. The lowest BCUT2D eigenvalue weighted by molar-refractivity contribution is -0.131. The summed E-state index contributed by atoms with van der Waals surface area (Å²) in [6, 6.07) is 22.4. The lowest BCUT2D eigenvalue weighted by Crippen LogP contribution is -2.57. The summed E-state index contributed by atoms with van der Waals surface area (Å²) in [5.41, 5.74) is 0.833. The van der Waals surface area contributed by atoms with Crippen molar-refractivity contribution >= 4 is 46.3 Å². The molecule has 2 aromatic carbocycles. The van der Waals surface area contributed by atoms with Gasteiger partial charge in [0.05, 0.1) is 28.3 Å². The third-order valence-corrected chi connectivity index (χ3v) is 7.89. The Morgan fingerprint density at radius 1 is 1.11 bits per heavy atom. The largest absolute Gasteiger partial charge is 0.370 e. The quantitative estimate of drug-likeness (QED) is 0.357. The van der Waals surface area contributed by atoms with Crippen LogP contribution in [0.3, 0.4) is 0 Å². The van der Waals surface area contributed by atoms with E-state index in [-0.39, 0.29) is 11.7 Å². The Hall–Kier alpha value is -3.58. The summed E-state index contributed by atoms with van der Waals surface area (Å²) in [5, 5.41) is 32.6. The van der Waals surface area contributed by atoms with Crippen molar-refractivity contribution in [3.63, 3.8) is 0 Å². The second kappa shape index (κ2) is 11.0. The molecule has 2 amide bonds. The van der Waals surface area contributed by atoms with Gasteiger partial charge in [0.2, 0.25) is 11.8 Å². The second-order valence-electron chi connectivity index (χ2n) is 8.60. The summed E-state index contributed by atoms with van der Waals surface area (Å²) in [6.07, 6.45) is 0. The van der Waals surface area contributed by atoms with E-state index in [0.717, 1.165) is 22.2 Å². The average Bonchev–Trinajstić information content (AvgIpc) is 3.38. The number of nitrogens with one attached hydrogen (secondary N) is 3. The molecule has 0 aliphatic carbocycles. The normalized spacial score (nSPS) is 21.3. The zero-order chi connectivity index (χ0) is 25.7. The molecule has 4 N–H and O–H groups in total. The van der Waals surface area contributed by atoms with Gasteiger partial charge in [0.15, 0.2) is 0 Å². The molecule has 0 saturated heterocycles. The molecule has 0 unspecified atom stereocenters. The number of nitrogens with zero attached hydrogens (tertiary/aromatic N) is 1. The van der Waals surface area contributed by atoms with Crippen molar-refractivity contribution in [3.05, 3.63) is 93.2 Å². The maximum absolute atomic E-state index is 13.6. The maximum atomic E-state index is 13.6. The van der Waals surface area contributed by atoms with Crippen LogP contribution in [0.25, 0.3) is 0 Å². The van der Waals surface area contributed by atoms with Crippen molar-refractivity contribution in [1.29, 1.82) is 5.26 Å². The van der Waals surface area contributed by atoms with Crippen LogP contribution in [0.4, 0.5) is 11.4 Å². The number of para-hydroxylation sites is 2. The first-order valence-corrected chi connectivity index (χ1v) is 13.2. The van der Waals surface area contributed by atoms with Crippen molar-refractivity contribution < 1.29 is 14.7 Å². The number of carbonyl (C=O) groups is 2. The SMILES string of the molecule is Cc1ccccc1NC(=O)[C@@H]1[C@H](c2cccs2)C(C#N)=C(SCC(=O)Nc2ccccc2)N[C@]1(C)O. The van der Waals surface area contributed by atoms with Crippen molar-refractivity contribution in [2.75, 3.05) is 16.4 Å². The molecule has 3 atom stereocenters. The Bertz CT molecular complexity index is 1310. The van der Waals surface area contributed by atoms with E-state index in [4.69, 9.17) is 0 Å². The minimum Gasteiger partial charge on any atom is -0.370 e. The molecule has 184 valence electrons. The molecule has 1 aliphatic rings. The molecule has 7 nitrogen and oxygen atoms in total. The molecular weight excluding hydrogens is 492 g/mol. The van der Waals surface area contributed by atoms with E-state index in [1.54, 1.807) is 18.2 Å². The monoisotopic (exact) mass is 518 g/mol. The number of carbonyl (C=O) groups excluding carboxylic acids is 2. The van der Waals surface area contributed by atoms with Gasteiger partial charge in [-0.3, -0.25) is 9.59 Å². The fraction of sp³-hybridized carbons (Fsp3) is 0.222. The number of anilines is 2. The van der Waals surface area contributed by atoms with Crippen LogP contribution >= 0.6 is 23.1 Å². The van der Waals surface area contributed by atoms with Gasteiger partial charge in [0.25, 0.3) is 0 Å². The number of thioether (sulfide) groups is 1. The van der Waals surface area contributed by atoms with E-state index in [0.29, 0.717) is 22.0 Å². The van der Waals surface area contributed by atoms with Crippen LogP contribution in [0, 0.1) is 24.2 Å². The number of amides is 2. The van der Waals surface area contributed by atoms with Gasteiger partial charge in [0, 0.05) is 22.2 Å². The van der Waals surface area contributed by atoms with Gasteiger partial charge in [-0.15, -0.1) is 11.3 Å². The molecule has 36 heavy (non-hydrogen) atoms. The molecule has 0 bridgehead atoms. The molecule has 1 aromatic heterocycles. The van der Waals surface area contributed by atoms with Gasteiger partial charge in [-0.2, -0.15) is 5.26 Å². The van der Waals surface area contributed by atoms with Crippen LogP contribution in [-0.2, 0) is 9.59 Å². The number of hydrogen-bond acceptors (Lipinski definition) is 7. The van der Waals surface area contributed by atoms with Crippen LogP contribution in [0.5, 0.6) is 0 Å². The fourth-order valence-corrected chi connectivity index (χ4v) is 6.03. The number of aryl methyl sites for hydroxylation is 1. The number of benzene rings is 2. The third-order valence-electron chi connectivity index (χ3n) is 5.92. The Morgan fingerprint density at radius 3 is 2.50 bits per heavy atom. The van der Waals surface area contributed by atoms with E-state index in [1.807, 2.05) is 60.8 Å². The van der Waals surface area contributed by atoms with Crippen LogP contribution < -0.4 is 16.0 Å². The van der Waals surface area contributed by atoms with E-state index in [1.165, 1.54) is 18.3 Å². The number of hydrogen-bond donors (Lipinski definition) is 4. The highest BCUT2D eigenvalue weighted by molar-refractivity contribution is 8.03. The number of thiophene rings is 1. The summed E-state index contributed by atoms with van der Waals surface area (Å²) in [6.45, 7) is 3.41. The highest BCUT2D eigenvalue weighted by atomic mass is 32.2. The highest BCUT2D eigenvalue weighted by Gasteiger charge is 2.50. The predicted octanol–water partition coefficient (Wildman–Crippen LogP) is 4.81. The summed E-state index contributed by atoms with van der Waals surface area (Å²) >= 11 is 2.54. The molecule has 0 spiro atoms. The first-order chi connectivity index (χ1) is 17.3. The zero-order valence-corrected chi connectivity index (χ0v) is 21.5. The van der Waals surface area contributed by atoms with Gasteiger partial charge in [-0.25, -0.2) is 0 Å². The fourth-order valence-electron chi connectivity index (χ4n) is 4.20. The molecule has 4 rings (SSSR count). The van der Waals surface area contributed by atoms with Crippen LogP contribution in [-0.4, -0.2) is 28.4 Å². The Balaban J connectivity index is 1.63. The zero-order valence-electron chi connectivity index (χ0n) is 19.8. The average molecular weight is 519 g/mol. The summed E-state index contributed by atoms with van der Waals surface area (Å²) in [7, 11) is 0. The van der Waals surface area contributed by atoms with Crippen molar-refractivity contribution in [1.82, 2.24) is 5.32 Å². The summed E-state index contributed by atoms with van der Waals surface area (Å²) < 4.78 is 0. The molecule has 0 fully saturated rings. The predicted molar refractivity (Wildman–Crippen MR) is 144 cm³/mol. The first-order valence-electron chi connectivity index (χ1n) is 11.3. The van der Waals surface area contributed by atoms with Gasteiger partial charge in [0.1, 0.15) is 5.72 Å². The van der Waals surface area contributed by atoms with Crippen LogP contribution in [0.1, 0.15) is 23.3 Å². The van der Waals surface area contributed by atoms with Crippen LogP contribution in [0.2, 0.25) is 0 Å². The molecular formula is C27H26N4O3S2. The molecule has 9 heteroatoms. The van der Waals surface area contributed by atoms with Gasteiger partial charge in [-0.05, 0) is 49.1 Å². The Labute approximate surface area is 218 Å². The van der Waals surface area contributed by atoms with E-state index < -0.39 is 23.5 Å². The van der Waals surface area contributed by atoms with Crippen LogP contribution in [0.15, 0.2) is 82.7 Å². The van der Waals surface area contributed by atoms with E-state index in [2.05, 4.69) is 22.0 Å². The van der Waals surface area contributed by atoms with E-state index >= 15 is 0 Å². The number of allylic oxidation sites excluding steroid dienone is 1. The lowest BCUT2D eigenvalue weighted by Gasteiger charge is -2.43. The molecule has 3 aromatic rings. The standard InChI is InChI=1S/C27H26N4O3S2/c1-17-9-6-7-12-20(17)30-25(33)24-23(21-13-8-14-35-21)19(15-28)26(31-27(24,2)34)36-16-22(32)29-18-10-4-3-5-11-18/h3-14,23-24,31,34H,16H2,1-2H3,(H,29,32)(H,30,33)/t23-,24-,27+/m0/s1. The Kier molecular flexibility index (Phi) is 7.79. The van der Waals surface area contributed by atoms with Gasteiger partial charge in [-0.1, -0.05) is 54.2 Å². The minimum absolute atomic E-state index is 0.0235. The van der Waals surface area contributed by atoms with Crippen molar-refractivity contribution in [3.8, 4) is 6.07 Å². The van der Waals surface area contributed by atoms with Crippen molar-refractivity contribution in [2.45, 2.75) is 25.5 Å². The smallest absolute Gasteiger partial charge is 0.234 e. The minimum atomic E-state index is -1.68. The number of aliphatic hydroxyl groups is 1. The number of nitriles is 1. The molecule has 1 aliphatic heterocycles. The first kappa shape index (κ1) is 25.5. The third kappa shape index (κ3) is 5.62. The van der Waals surface area contributed by atoms with Gasteiger partial charge >= 0.3 is 0 Å². The second-order valence-corrected chi connectivity index (χ2v) is 10.6. The highest BCUT2D eigenvalue weighted by Crippen LogP contribution is 2.46. The van der Waals surface area contributed by atoms with Gasteiger partial charge < -0.3 is 21.1 Å². The molecule has 0 saturated carbocycles. The summed E-state index contributed by atoms with van der Waals surface area (Å²) in [5.74, 6) is -2.30. The maximum Gasteiger partial charge on any atom is 0.234 e. The summed E-state index contributed by atoms with van der Waals surface area (Å²) in [4.78, 5) is 26.9. The molecule has 2 heterocycles.